The molecule has 0 atom stereocenters. The van der Waals surface area contributed by atoms with E-state index in [4.69, 9.17) is 9.26 Å². The highest BCUT2D eigenvalue weighted by molar-refractivity contribution is 7.08. The zero-order chi connectivity index (χ0) is 19.3. The van der Waals surface area contributed by atoms with Gasteiger partial charge < -0.3 is 14.2 Å². The highest BCUT2D eigenvalue weighted by atomic mass is 32.1. The molecular formula is C20H22N4O3S. The Morgan fingerprint density at radius 3 is 2.86 bits per heavy atom. The Morgan fingerprint density at radius 2 is 2.11 bits per heavy atom. The summed E-state index contributed by atoms with van der Waals surface area (Å²) in [6, 6.07) is 9.61. The Kier molecular flexibility index (Phi) is 5.80. The van der Waals surface area contributed by atoms with Crippen molar-refractivity contribution >= 4 is 17.2 Å². The number of amides is 1. The number of benzene rings is 1. The highest BCUT2D eigenvalue weighted by Gasteiger charge is 2.23. The molecule has 1 aliphatic rings. The minimum Gasteiger partial charge on any atom is -0.380 e. The van der Waals surface area contributed by atoms with Crippen molar-refractivity contribution < 1.29 is 14.1 Å². The van der Waals surface area contributed by atoms with Crippen LogP contribution in [0.15, 0.2) is 45.6 Å². The number of carbonyl (C=O) groups is 1. The molecule has 1 aliphatic heterocycles. The van der Waals surface area contributed by atoms with E-state index in [9.17, 15) is 4.79 Å². The van der Waals surface area contributed by atoms with E-state index >= 15 is 0 Å². The molecule has 1 amide bonds. The molecule has 0 saturated carbocycles. The number of rotatable bonds is 6. The van der Waals surface area contributed by atoms with Crippen LogP contribution in [0.2, 0.25) is 0 Å². The summed E-state index contributed by atoms with van der Waals surface area (Å²) in [5, 5.41) is 8.04. The Balaban J connectivity index is 1.32. The number of carbonyl (C=O) groups excluding carboxylic acids is 1. The predicted molar refractivity (Wildman–Crippen MR) is 106 cm³/mol. The molecule has 0 N–H and O–H groups in total. The normalized spacial score (nSPS) is 15.1. The van der Waals surface area contributed by atoms with Gasteiger partial charge in [-0.2, -0.15) is 16.3 Å². The maximum Gasteiger partial charge on any atom is 0.253 e. The summed E-state index contributed by atoms with van der Waals surface area (Å²) in [6.45, 7) is 4.02. The van der Waals surface area contributed by atoms with Gasteiger partial charge in [0.25, 0.3) is 5.91 Å². The monoisotopic (exact) mass is 398 g/mol. The lowest BCUT2D eigenvalue weighted by Gasteiger charge is -2.34. The lowest BCUT2D eigenvalue weighted by atomic mass is 10.1. The number of methoxy groups -OCH3 is 1. The van der Waals surface area contributed by atoms with E-state index in [1.54, 1.807) is 18.4 Å². The first-order chi connectivity index (χ1) is 13.7. The smallest absolute Gasteiger partial charge is 0.253 e. The second-order valence-corrected chi connectivity index (χ2v) is 7.51. The molecule has 0 radical (unpaired) electrons. The van der Waals surface area contributed by atoms with E-state index in [1.807, 2.05) is 46.0 Å². The maximum absolute atomic E-state index is 12.8. The van der Waals surface area contributed by atoms with Crippen LogP contribution in [-0.2, 0) is 17.9 Å². The second kappa shape index (κ2) is 8.64. The van der Waals surface area contributed by atoms with E-state index in [0.29, 0.717) is 43.5 Å². The van der Waals surface area contributed by atoms with Crippen LogP contribution in [0.4, 0.5) is 0 Å². The van der Waals surface area contributed by atoms with Gasteiger partial charge in [0.1, 0.15) is 0 Å². The van der Waals surface area contributed by atoms with Gasteiger partial charge in [0.2, 0.25) is 11.7 Å². The van der Waals surface area contributed by atoms with Gasteiger partial charge in [0, 0.05) is 49.8 Å². The molecule has 3 heterocycles. The molecule has 2 aromatic heterocycles. The molecule has 7 nitrogen and oxygen atoms in total. The number of hydrogen-bond acceptors (Lipinski definition) is 7. The third kappa shape index (κ3) is 4.30. The Hall–Kier alpha value is -2.55. The standard InChI is InChI=1S/C20H22N4O3S/c1-26-13-15-3-2-4-16(11-15)20(25)24-8-6-23(7-9-24)12-18-21-19(22-27-18)17-5-10-28-14-17/h2-5,10-11,14H,6-9,12-13H2,1H3. The molecule has 8 heteroatoms. The average Bonchev–Trinajstić information content (AvgIpc) is 3.40. The molecule has 1 saturated heterocycles. The Labute approximate surface area is 167 Å². The summed E-state index contributed by atoms with van der Waals surface area (Å²) < 4.78 is 10.5. The van der Waals surface area contributed by atoms with Crippen molar-refractivity contribution in [3.63, 3.8) is 0 Å². The van der Waals surface area contributed by atoms with Crippen LogP contribution in [-0.4, -0.2) is 59.1 Å². The minimum atomic E-state index is 0.0649. The molecule has 28 heavy (non-hydrogen) atoms. The van der Waals surface area contributed by atoms with Crippen LogP contribution in [0.25, 0.3) is 11.4 Å². The van der Waals surface area contributed by atoms with Crippen LogP contribution in [0.5, 0.6) is 0 Å². The molecule has 1 fully saturated rings. The van der Waals surface area contributed by atoms with Gasteiger partial charge in [-0.25, -0.2) is 0 Å². The zero-order valence-electron chi connectivity index (χ0n) is 15.7. The fourth-order valence-corrected chi connectivity index (χ4v) is 3.91. The van der Waals surface area contributed by atoms with Crippen LogP contribution in [0, 0.1) is 0 Å². The van der Waals surface area contributed by atoms with Gasteiger partial charge in [-0.05, 0) is 29.1 Å². The SMILES string of the molecule is COCc1cccc(C(=O)N2CCN(Cc3nc(-c4ccsc4)no3)CC2)c1. The molecule has 0 bridgehead atoms. The summed E-state index contributed by atoms with van der Waals surface area (Å²) >= 11 is 1.61. The number of ether oxygens (including phenoxy) is 1. The maximum atomic E-state index is 12.8. The summed E-state index contributed by atoms with van der Waals surface area (Å²) in [5.41, 5.74) is 2.69. The summed E-state index contributed by atoms with van der Waals surface area (Å²) in [6.07, 6.45) is 0. The average molecular weight is 398 g/mol. The third-order valence-electron chi connectivity index (χ3n) is 4.75. The first-order valence-electron chi connectivity index (χ1n) is 9.17. The van der Waals surface area contributed by atoms with Gasteiger partial charge in [0.05, 0.1) is 13.2 Å². The minimum absolute atomic E-state index is 0.0649. The lowest BCUT2D eigenvalue weighted by molar-refractivity contribution is 0.0615. The number of nitrogens with zero attached hydrogens (tertiary/aromatic N) is 4. The van der Waals surface area contributed by atoms with E-state index in [0.717, 1.165) is 24.2 Å². The molecule has 0 unspecified atom stereocenters. The Bertz CT molecular complexity index is 917. The van der Waals surface area contributed by atoms with Crippen molar-refractivity contribution in [3.8, 4) is 11.4 Å². The topological polar surface area (TPSA) is 71.7 Å². The van der Waals surface area contributed by atoms with Crippen molar-refractivity contribution in [1.82, 2.24) is 19.9 Å². The second-order valence-electron chi connectivity index (χ2n) is 6.73. The largest absolute Gasteiger partial charge is 0.380 e. The molecule has 0 spiro atoms. The Morgan fingerprint density at radius 1 is 1.25 bits per heavy atom. The van der Waals surface area contributed by atoms with Crippen molar-refractivity contribution in [1.29, 1.82) is 0 Å². The van der Waals surface area contributed by atoms with Crippen molar-refractivity contribution in [2.75, 3.05) is 33.3 Å². The molecule has 4 rings (SSSR count). The van der Waals surface area contributed by atoms with Gasteiger partial charge >= 0.3 is 0 Å². The van der Waals surface area contributed by atoms with Crippen LogP contribution < -0.4 is 0 Å². The molecule has 0 aliphatic carbocycles. The quantitative estimate of drug-likeness (QED) is 0.636. The fraction of sp³-hybridized carbons (Fsp3) is 0.350. The highest BCUT2D eigenvalue weighted by Crippen LogP contribution is 2.19. The predicted octanol–water partition coefficient (Wildman–Crippen LogP) is 2.90. The van der Waals surface area contributed by atoms with Crippen LogP contribution >= 0.6 is 11.3 Å². The molecule has 146 valence electrons. The van der Waals surface area contributed by atoms with Gasteiger partial charge in [-0.1, -0.05) is 17.3 Å². The summed E-state index contributed by atoms with van der Waals surface area (Å²) in [7, 11) is 1.65. The van der Waals surface area contributed by atoms with Crippen LogP contribution in [0.3, 0.4) is 0 Å². The van der Waals surface area contributed by atoms with Gasteiger partial charge in [0.15, 0.2) is 0 Å². The van der Waals surface area contributed by atoms with E-state index in [-0.39, 0.29) is 5.91 Å². The fourth-order valence-electron chi connectivity index (χ4n) is 3.27. The number of hydrogen-bond donors (Lipinski definition) is 0. The zero-order valence-corrected chi connectivity index (χ0v) is 16.5. The van der Waals surface area contributed by atoms with Crippen molar-refractivity contribution in [2.45, 2.75) is 13.2 Å². The summed E-state index contributed by atoms with van der Waals surface area (Å²) in [4.78, 5) is 21.4. The van der Waals surface area contributed by atoms with Crippen molar-refractivity contribution in [3.05, 3.63) is 58.1 Å². The molecule has 1 aromatic carbocycles. The molecular weight excluding hydrogens is 376 g/mol. The molecule has 3 aromatic rings. The number of thiophene rings is 1. The third-order valence-corrected chi connectivity index (χ3v) is 5.43. The first-order valence-corrected chi connectivity index (χ1v) is 10.1. The number of piperazine rings is 1. The van der Waals surface area contributed by atoms with Crippen LogP contribution in [0.1, 0.15) is 21.8 Å². The van der Waals surface area contributed by atoms with E-state index in [2.05, 4.69) is 15.0 Å². The van der Waals surface area contributed by atoms with Gasteiger partial charge in [-0.3, -0.25) is 9.69 Å². The van der Waals surface area contributed by atoms with Gasteiger partial charge in [-0.15, -0.1) is 0 Å². The summed E-state index contributed by atoms with van der Waals surface area (Å²) in [5.74, 6) is 1.30. The van der Waals surface area contributed by atoms with E-state index in [1.165, 1.54) is 0 Å². The number of aromatic nitrogens is 2. The van der Waals surface area contributed by atoms with Crippen molar-refractivity contribution in [2.24, 2.45) is 0 Å². The lowest BCUT2D eigenvalue weighted by Crippen LogP contribution is -2.48. The van der Waals surface area contributed by atoms with E-state index < -0.39 is 0 Å². The first kappa shape index (κ1) is 18.8.